The van der Waals surface area contributed by atoms with Crippen LogP contribution in [-0.2, 0) is 12.0 Å². The molecular weight excluding hydrogens is 408 g/mol. The van der Waals surface area contributed by atoms with E-state index in [2.05, 4.69) is 4.98 Å². The first kappa shape index (κ1) is 20.0. The molecule has 1 aliphatic carbocycles. The number of fused-ring (bicyclic) bond motifs is 1. The van der Waals surface area contributed by atoms with Gasteiger partial charge < -0.3 is 10.2 Å². The molecule has 2 aromatic carbocycles. The van der Waals surface area contributed by atoms with Crippen molar-refractivity contribution in [2.75, 3.05) is 5.88 Å². The molecule has 4 nitrogen and oxygen atoms in total. The van der Waals surface area contributed by atoms with Crippen molar-refractivity contribution in [1.29, 1.82) is 0 Å². The second kappa shape index (κ2) is 7.95. The Hall–Kier alpha value is -2.95. The van der Waals surface area contributed by atoms with Crippen LogP contribution >= 0.6 is 11.6 Å². The van der Waals surface area contributed by atoms with Crippen LogP contribution in [0, 0.1) is 0 Å². The van der Waals surface area contributed by atoms with Crippen LogP contribution in [0.1, 0.15) is 30.5 Å². The van der Waals surface area contributed by atoms with Gasteiger partial charge in [-0.25, -0.2) is 0 Å². The number of benzene rings is 2. The van der Waals surface area contributed by atoms with Crippen LogP contribution in [0.2, 0.25) is 0 Å². The van der Waals surface area contributed by atoms with Crippen molar-refractivity contribution >= 4 is 22.6 Å². The van der Waals surface area contributed by atoms with E-state index in [1.807, 2.05) is 54.6 Å². The van der Waals surface area contributed by atoms with Crippen molar-refractivity contribution in [1.82, 2.24) is 4.98 Å². The maximum atomic E-state index is 13.7. The zero-order valence-electron chi connectivity index (χ0n) is 17.1. The lowest BCUT2D eigenvalue weighted by Gasteiger charge is -2.38. The van der Waals surface area contributed by atoms with Gasteiger partial charge in [-0.15, -0.1) is 11.6 Å². The summed E-state index contributed by atoms with van der Waals surface area (Å²) in [5.41, 5.74) is 10.7. The van der Waals surface area contributed by atoms with E-state index < -0.39 is 0 Å². The van der Waals surface area contributed by atoms with Crippen LogP contribution < -0.4 is 11.2 Å². The molecule has 2 N–H and O–H groups in total. The minimum absolute atomic E-state index is 0.0721. The number of nitrogens with two attached hydrogens (primary N) is 1. The third-order valence-electron chi connectivity index (χ3n) is 6.24. The van der Waals surface area contributed by atoms with E-state index in [0.717, 1.165) is 36.0 Å². The van der Waals surface area contributed by atoms with Gasteiger partial charge in [-0.1, -0.05) is 54.6 Å². The summed E-state index contributed by atoms with van der Waals surface area (Å²) in [6.07, 6.45) is 5.32. The number of rotatable bonds is 5. The fourth-order valence-electron chi connectivity index (χ4n) is 4.31. The summed E-state index contributed by atoms with van der Waals surface area (Å²) in [6, 6.07) is 19.5. The first-order valence-corrected chi connectivity index (χ1v) is 11.1. The number of alkyl halides is 1. The summed E-state index contributed by atoms with van der Waals surface area (Å²) >= 11 is 5.96. The largest absolute Gasteiger partial charge is 0.453 e. The Morgan fingerprint density at radius 2 is 1.74 bits per heavy atom. The zero-order valence-corrected chi connectivity index (χ0v) is 17.9. The molecule has 0 unspecified atom stereocenters. The molecule has 0 aliphatic heterocycles. The Morgan fingerprint density at radius 3 is 2.39 bits per heavy atom. The highest BCUT2D eigenvalue weighted by Gasteiger charge is 2.34. The van der Waals surface area contributed by atoms with Crippen molar-refractivity contribution in [3.63, 3.8) is 0 Å². The van der Waals surface area contributed by atoms with Gasteiger partial charge in [0.15, 0.2) is 5.58 Å². The quantitative estimate of drug-likeness (QED) is 0.416. The number of hydrogen-bond donors (Lipinski definition) is 1. The van der Waals surface area contributed by atoms with Crippen molar-refractivity contribution in [2.24, 2.45) is 5.73 Å². The zero-order chi connectivity index (χ0) is 21.4. The number of aryl methyl sites for hydroxylation is 1. The Morgan fingerprint density at radius 1 is 1.00 bits per heavy atom. The first-order chi connectivity index (χ1) is 15.1. The molecule has 5 rings (SSSR count). The lowest BCUT2D eigenvalue weighted by atomic mass is 9.72. The molecule has 1 aliphatic rings. The molecule has 5 heteroatoms. The van der Waals surface area contributed by atoms with Crippen LogP contribution in [0.5, 0.6) is 0 Å². The van der Waals surface area contributed by atoms with E-state index in [1.54, 1.807) is 12.3 Å². The van der Waals surface area contributed by atoms with Gasteiger partial charge in [0.2, 0.25) is 5.43 Å². The Labute approximate surface area is 185 Å². The molecule has 0 saturated heterocycles. The lowest BCUT2D eigenvalue weighted by Crippen LogP contribution is -2.43. The Balaban J connectivity index is 1.75. The minimum atomic E-state index is -0.239. The normalized spacial score (nSPS) is 15.0. The number of hydrogen-bond acceptors (Lipinski definition) is 4. The monoisotopic (exact) mass is 430 g/mol. The van der Waals surface area contributed by atoms with Crippen LogP contribution in [0.3, 0.4) is 0 Å². The summed E-state index contributed by atoms with van der Waals surface area (Å²) in [5, 5.41) is 0.517. The molecule has 156 valence electrons. The number of pyridine rings is 1. The maximum Gasteiger partial charge on any atom is 0.201 e. The maximum absolute atomic E-state index is 13.7. The van der Waals surface area contributed by atoms with Gasteiger partial charge >= 0.3 is 0 Å². The SMILES string of the molecule is NC1(c2ccc(-c3c(-c4ccccc4)oc4c(CCCl)nccc4c3=O)cc2)CCC1. The van der Waals surface area contributed by atoms with Gasteiger partial charge in [0, 0.05) is 29.6 Å². The number of halogens is 1. The van der Waals surface area contributed by atoms with Gasteiger partial charge in [-0.3, -0.25) is 9.78 Å². The highest BCUT2D eigenvalue weighted by Crippen LogP contribution is 2.40. The Kier molecular flexibility index (Phi) is 5.12. The van der Waals surface area contributed by atoms with Crippen LogP contribution in [0.15, 0.2) is 76.1 Å². The molecule has 0 bridgehead atoms. The third-order valence-corrected chi connectivity index (χ3v) is 6.43. The van der Waals surface area contributed by atoms with E-state index in [-0.39, 0.29) is 11.0 Å². The average Bonchev–Trinajstić information content (AvgIpc) is 2.79. The summed E-state index contributed by atoms with van der Waals surface area (Å²) in [7, 11) is 0. The van der Waals surface area contributed by atoms with Crippen LogP contribution in [0.25, 0.3) is 33.4 Å². The van der Waals surface area contributed by atoms with Gasteiger partial charge in [-0.2, -0.15) is 0 Å². The highest BCUT2D eigenvalue weighted by molar-refractivity contribution is 6.18. The topological polar surface area (TPSA) is 69.1 Å². The summed E-state index contributed by atoms with van der Waals surface area (Å²) in [5.74, 6) is 0.946. The van der Waals surface area contributed by atoms with E-state index in [4.69, 9.17) is 21.8 Å². The van der Waals surface area contributed by atoms with Crippen molar-refractivity contribution in [2.45, 2.75) is 31.2 Å². The Bertz CT molecular complexity index is 1290. The second-order valence-corrected chi connectivity index (χ2v) is 8.54. The van der Waals surface area contributed by atoms with E-state index in [1.165, 1.54) is 0 Å². The molecule has 0 atom stereocenters. The summed E-state index contributed by atoms with van der Waals surface area (Å²) in [6.45, 7) is 0. The van der Waals surface area contributed by atoms with E-state index >= 15 is 0 Å². The van der Waals surface area contributed by atoms with E-state index in [0.29, 0.717) is 40.3 Å². The minimum Gasteiger partial charge on any atom is -0.453 e. The molecule has 1 saturated carbocycles. The van der Waals surface area contributed by atoms with Crippen molar-refractivity contribution in [3.05, 3.63) is 88.3 Å². The average molecular weight is 431 g/mol. The predicted molar refractivity (Wildman–Crippen MR) is 125 cm³/mol. The van der Waals surface area contributed by atoms with Crippen LogP contribution in [0.4, 0.5) is 0 Å². The lowest BCUT2D eigenvalue weighted by molar-refractivity contribution is 0.253. The molecule has 2 heterocycles. The van der Waals surface area contributed by atoms with Gasteiger partial charge in [0.1, 0.15) is 5.76 Å². The van der Waals surface area contributed by atoms with Gasteiger partial charge in [-0.05, 0) is 36.5 Å². The van der Waals surface area contributed by atoms with Gasteiger partial charge in [0.25, 0.3) is 0 Å². The fourth-order valence-corrected chi connectivity index (χ4v) is 4.49. The number of aromatic nitrogens is 1. The molecule has 4 aromatic rings. The number of nitrogens with zero attached hydrogens (tertiary/aromatic N) is 1. The molecule has 2 aromatic heterocycles. The predicted octanol–water partition coefficient (Wildman–Crippen LogP) is 5.64. The third kappa shape index (κ3) is 3.46. The van der Waals surface area contributed by atoms with Crippen molar-refractivity contribution in [3.8, 4) is 22.5 Å². The molecule has 0 amide bonds. The van der Waals surface area contributed by atoms with Crippen molar-refractivity contribution < 1.29 is 4.42 Å². The molecule has 1 fully saturated rings. The fraction of sp³-hybridized carbons (Fsp3) is 0.231. The first-order valence-electron chi connectivity index (χ1n) is 10.6. The van der Waals surface area contributed by atoms with Crippen LogP contribution in [-0.4, -0.2) is 10.9 Å². The molecular formula is C26H23ClN2O2. The standard InChI is InChI=1S/C26H23ClN2O2/c27-15-11-21-25-20(12-16-29-21)23(30)22(24(31-25)18-5-2-1-3-6-18)17-7-9-19(10-8-17)26(28)13-4-14-26/h1-3,5-10,12,16H,4,11,13-15,28H2. The second-order valence-electron chi connectivity index (χ2n) is 8.16. The molecule has 31 heavy (non-hydrogen) atoms. The van der Waals surface area contributed by atoms with E-state index in [9.17, 15) is 4.79 Å². The highest BCUT2D eigenvalue weighted by atomic mass is 35.5. The van der Waals surface area contributed by atoms with Gasteiger partial charge in [0.05, 0.1) is 16.6 Å². The summed E-state index contributed by atoms with van der Waals surface area (Å²) in [4.78, 5) is 18.1. The summed E-state index contributed by atoms with van der Waals surface area (Å²) < 4.78 is 6.38. The molecule has 0 radical (unpaired) electrons. The molecule has 0 spiro atoms. The smallest absolute Gasteiger partial charge is 0.201 e.